The second-order valence-electron chi connectivity index (χ2n) is 15.9. The van der Waals surface area contributed by atoms with Gasteiger partial charge in [0.1, 0.15) is 17.5 Å². The molecule has 0 aliphatic carbocycles. The highest BCUT2D eigenvalue weighted by atomic mass is 19.3. The van der Waals surface area contributed by atoms with Crippen molar-refractivity contribution in [2.24, 2.45) is 7.05 Å². The van der Waals surface area contributed by atoms with Gasteiger partial charge in [0.2, 0.25) is 0 Å². The molecule has 2 aliphatic heterocycles. The van der Waals surface area contributed by atoms with Crippen LogP contribution >= 0.6 is 0 Å². The topological polar surface area (TPSA) is 115 Å². The Morgan fingerprint density at radius 2 is 1.32 bits per heavy atom. The molecule has 0 atom stereocenters. The Labute approximate surface area is 341 Å². The number of nitrogens with zero attached hydrogens (tertiary/aromatic N) is 10. The van der Waals surface area contributed by atoms with Crippen molar-refractivity contribution in [1.82, 2.24) is 55.0 Å². The highest BCUT2D eigenvalue weighted by molar-refractivity contribution is 5.89. The molecule has 3 aromatic carbocycles. The van der Waals surface area contributed by atoms with Crippen LogP contribution in [0.3, 0.4) is 0 Å². The molecule has 2 aliphatic rings. The first-order chi connectivity index (χ1) is 28.9. The zero-order valence-corrected chi connectivity index (χ0v) is 33.3. The number of likely N-dealkylation sites (tertiary alicyclic amines) is 1. The van der Waals surface area contributed by atoms with Crippen molar-refractivity contribution >= 4 is 38.4 Å². The first-order valence-corrected chi connectivity index (χ1v) is 20.1. The maximum Gasteiger partial charge on any atom is 0.251 e. The van der Waals surface area contributed by atoms with Crippen molar-refractivity contribution in [3.8, 4) is 22.4 Å². The molecular weight excluding hydrogens is 778 g/mol. The van der Waals surface area contributed by atoms with Gasteiger partial charge >= 0.3 is 0 Å². The minimum absolute atomic E-state index is 0.0936. The lowest BCUT2D eigenvalue weighted by atomic mass is 9.92. The third-order valence-electron chi connectivity index (χ3n) is 11.6. The third-order valence-corrected chi connectivity index (χ3v) is 11.6. The SMILES string of the molecule is Cc1cn2nc(-c3cc(F)c4cc(C5CCN(CC(F)F)CC5)nnc4c3)cc(C)c2n1.Cn1cc2cc(-c3cc(F)c4cc(C5CCNCC5)nnc4c3)c(F)cc2n1. The van der Waals surface area contributed by atoms with Crippen LogP contribution in [-0.4, -0.2) is 88.8 Å². The van der Waals surface area contributed by atoms with Gasteiger partial charge in [-0.2, -0.15) is 30.6 Å². The van der Waals surface area contributed by atoms with E-state index < -0.39 is 18.1 Å². The Hall–Kier alpha value is -6.00. The van der Waals surface area contributed by atoms with Crippen molar-refractivity contribution in [1.29, 1.82) is 0 Å². The minimum Gasteiger partial charge on any atom is -0.317 e. The molecule has 2 fully saturated rings. The van der Waals surface area contributed by atoms with Crippen LogP contribution in [0.1, 0.15) is 60.2 Å². The molecule has 0 unspecified atom stereocenters. The summed E-state index contributed by atoms with van der Waals surface area (Å²) in [6, 6.07) is 14.8. The largest absolute Gasteiger partial charge is 0.317 e. The first-order valence-electron chi connectivity index (χ1n) is 20.1. The number of halogens is 5. The summed E-state index contributed by atoms with van der Waals surface area (Å²) in [5.74, 6) is -0.851. The van der Waals surface area contributed by atoms with E-state index in [1.807, 2.05) is 26.1 Å². The van der Waals surface area contributed by atoms with Gasteiger partial charge in [-0.15, -0.1) is 0 Å². The molecule has 11 nitrogen and oxygen atoms in total. The van der Waals surface area contributed by atoms with Crippen LogP contribution in [0.25, 0.3) is 60.7 Å². The monoisotopic (exact) mass is 819 g/mol. The summed E-state index contributed by atoms with van der Waals surface area (Å²) in [5, 5.41) is 30.9. The van der Waals surface area contributed by atoms with Crippen LogP contribution in [0.5, 0.6) is 0 Å². The van der Waals surface area contributed by atoms with Crippen LogP contribution < -0.4 is 5.32 Å². The molecule has 1 N–H and O–H groups in total. The standard InChI is InChI=1S/C23H23F3N6.C21H19F2N5/c1-13-7-20(30-32-11-14(2)27-23(13)32)16-8-18(24)17-10-19(28-29-21(17)9-16)15-3-5-31(6-4-15)12-22(25)26;1-28-11-14-6-15(18(23)10-20(14)27-28)13-7-17(22)16-9-19(25-26-21(16)8-13)12-2-4-24-5-3-12/h7-11,15,22H,3-6,12H2,1-2H3;6-12,24H,2-5H2,1H3. The molecule has 16 heteroatoms. The lowest BCUT2D eigenvalue weighted by molar-refractivity contribution is 0.0751. The third kappa shape index (κ3) is 8.00. The fourth-order valence-electron chi connectivity index (χ4n) is 8.44. The molecule has 308 valence electrons. The zero-order chi connectivity index (χ0) is 41.7. The predicted molar refractivity (Wildman–Crippen MR) is 219 cm³/mol. The van der Waals surface area contributed by atoms with Gasteiger partial charge in [0.15, 0.2) is 5.65 Å². The second-order valence-corrected chi connectivity index (χ2v) is 15.9. The molecule has 0 amide bonds. The van der Waals surface area contributed by atoms with E-state index in [1.165, 1.54) is 18.2 Å². The number of benzene rings is 3. The molecular formula is C44H42F5N11. The van der Waals surface area contributed by atoms with Gasteiger partial charge in [-0.25, -0.2) is 31.5 Å². The highest BCUT2D eigenvalue weighted by Gasteiger charge is 2.25. The smallest absolute Gasteiger partial charge is 0.251 e. The van der Waals surface area contributed by atoms with E-state index in [-0.39, 0.29) is 18.3 Å². The Morgan fingerprint density at radius 3 is 1.98 bits per heavy atom. The average Bonchev–Trinajstić information content (AvgIpc) is 3.81. The number of nitrogens with one attached hydrogen (secondary N) is 1. The van der Waals surface area contributed by atoms with Gasteiger partial charge in [-0.3, -0.25) is 9.58 Å². The molecule has 2 saturated heterocycles. The number of aromatic nitrogens is 9. The number of hydrogen-bond donors (Lipinski definition) is 1. The Bertz CT molecular complexity index is 2880. The summed E-state index contributed by atoms with van der Waals surface area (Å²) in [6.07, 6.45) is 4.67. The molecule has 60 heavy (non-hydrogen) atoms. The Kier molecular flexibility index (Phi) is 10.7. The molecule has 8 aromatic rings. The quantitative estimate of drug-likeness (QED) is 0.165. The van der Waals surface area contributed by atoms with E-state index in [0.29, 0.717) is 87.2 Å². The lowest BCUT2D eigenvalue weighted by Crippen LogP contribution is -2.36. The summed E-state index contributed by atoms with van der Waals surface area (Å²) in [7, 11) is 1.78. The number of rotatable bonds is 6. The Balaban J connectivity index is 0.000000155. The highest BCUT2D eigenvalue weighted by Crippen LogP contribution is 2.34. The van der Waals surface area contributed by atoms with Gasteiger partial charge in [0.05, 0.1) is 52.1 Å². The normalized spacial score (nSPS) is 15.8. The summed E-state index contributed by atoms with van der Waals surface area (Å²) >= 11 is 0. The van der Waals surface area contributed by atoms with Crippen molar-refractivity contribution in [3.05, 3.63) is 107 Å². The molecule has 0 spiro atoms. The van der Waals surface area contributed by atoms with E-state index >= 15 is 4.39 Å². The van der Waals surface area contributed by atoms with E-state index in [1.54, 1.807) is 57.7 Å². The van der Waals surface area contributed by atoms with Crippen LogP contribution in [-0.2, 0) is 7.05 Å². The van der Waals surface area contributed by atoms with Gasteiger partial charge in [-0.05, 0) is 125 Å². The maximum atomic E-state index is 15.1. The fourth-order valence-corrected chi connectivity index (χ4v) is 8.44. The second kappa shape index (κ2) is 16.2. The number of imidazole rings is 1. The van der Waals surface area contributed by atoms with Crippen molar-refractivity contribution < 1.29 is 22.0 Å². The van der Waals surface area contributed by atoms with Crippen LogP contribution in [0.15, 0.2) is 67.0 Å². The van der Waals surface area contributed by atoms with E-state index in [0.717, 1.165) is 53.9 Å². The lowest BCUT2D eigenvalue weighted by Gasteiger charge is -2.31. The number of fused-ring (bicyclic) bond motifs is 4. The molecule has 7 heterocycles. The first kappa shape index (κ1) is 39.5. The number of piperidine rings is 2. The van der Waals surface area contributed by atoms with Gasteiger partial charge in [0, 0.05) is 58.4 Å². The summed E-state index contributed by atoms with van der Waals surface area (Å²) < 4.78 is 73.2. The van der Waals surface area contributed by atoms with E-state index in [2.05, 4.69) is 40.9 Å². The molecule has 10 rings (SSSR count). The van der Waals surface area contributed by atoms with Crippen LogP contribution in [0.2, 0.25) is 0 Å². The molecule has 0 radical (unpaired) electrons. The number of alkyl halides is 2. The van der Waals surface area contributed by atoms with Gasteiger partial charge in [0.25, 0.3) is 6.43 Å². The number of hydrogen-bond acceptors (Lipinski definition) is 9. The summed E-state index contributed by atoms with van der Waals surface area (Å²) in [4.78, 5) is 6.21. The van der Waals surface area contributed by atoms with Gasteiger partial charge < -0.3 is 5.32 Å². The molecule has 5 aromatic heterocycles. The van der Waals surface area contributed by atoms with E-state index in [4.69, 9.17) is 0 Å². The van der Waals surface area contributed by atoms with Crippen molar-refractivity contribution in [3.63, 3.8) is 0 Å². The maximum absolute atomic E-state index is 15.1. The van der Waals surface area contributed by atoms with Crippen LogP contribution in [0.4, 0.5) is 22.0 Å². The van der Waals surface area contributed by atoms with Crippen molar-refractivity contribution in [2.45, 2.75) is 57.8 Å². The Morgan fingerprint density at radius 1 is 0.683 bits per heavy atom. The molecule has 0 bridgehead atoms. The zero-order valence-electron chi connectivity index (χ0n) is 33.3. The fraction of sp³-hybridized carbons (Fsp3) is 0.341. The summed E-state index contributed by atoms with van der Waals surface area (Å²) in [6.45, 7) is 6.67. The van der Waals surface area contributed by atoms with E-state index in [9.17, 15) is 17.6 Å². The van der Waals surface area contributed by atoms with Crippen LogP contribution in [0, 0.1) is 31.3 Å². The number of aryl methyl sites for hydroxylation is 3. The predicted octanol–water partition coefficient (Wildman–Crippen LogP) is 8.47. The van der Waals surface area contributed by atoms with Gasteiger partial charge in [-0.1, -0.05) is 0 Å². The minimum atomic E-state index is -2.33. The molecule has 0 saturated carbocycles. The summed E-state index contributed by atoms with van der Waals surface area (Å²) in [5.41, 5.74) is 7.59. The van der Waals surface area contributed by atoms with Crippen molar-refractivity contribution in [2.75, 3.05) is 32.7 Å². The average molecular weight is 820 g/mol.